The number of rotatable bonds is 8. The topological polar surface area (TPSA) is 92.8 Å². The van der Waals surface area contributed by atoms with E-state index in [1.165, 1.54) is 6.92 Å². The Kier molecular flexibility index (Phi) is 8.09. The number of carbonyl (C=O) groups excluding carboxylic acids is 2. The lowest BCUT2D eigenvalue weighted by Crippen LogP contribution is -2.44. The molecule has 0 aliphatic heterocycles. The average Bonchev–Trinajstić information content (AvgIpc) is 2.69. The van der Waals surface area contributed by atoms with Gasteiger partial charge in [0.25, 0.3) is 5.91 Å². The van der Waals surface area contributed by atoms with Gasteiger partial charge in [0.2, 0.25) is 10.0 Å². The molecule has 7 nitrogen and oxygen atoms in total. The van der Waals surface area contributed by atoms with Crippen molar-refractivity contribution in [2.24, 2.45) is 0 Å². The van der Waals surface area contributed by atoms with Crippen LogP contribution in [0, 0.1) is 11.6 Å². The lowest BCUT2D eigenvalue weighted by molar-refractivity contribution is -0.159. The molecule has 1 fully saturated rings. The highest BCUT2D eigenvalue weighted by molar-refractivity contribution is 7.89. The Morgan fingerprint density at radius 3 is 2.48 bits per heavy atom. The van der Waals surface area contributed by atoms with Crippen molar-refractivity contribution < 1.29 is 31.5 Å². The van der Waals surface area contributed by atoms with E-state index < -0.39 is 38.6 Å². The smallest absolute Gasteiger partial charge is 0.307 e. The summed E-state index contributed by atoms with van der Waals surface area (Å²) in [5.74, 6) is -3.49. The number of carbonyl (C=O) groups is 2. The van der Waals surface area contributed by atoms with Gasteiger partial charge in [0.05, 0.1) is 11.3 Å². The molecule has 29 heavy (non-hydrogen) atoms. The molecular weight excluding hydrogens is 406 g/mol. The van der Waals surface area contributed by atoms with Crippen LogP contribution in [0.3, 0.4) is 0 Å². The molecule has 1 saturated carbocycles. The molecule has 162 valence electrons. The van der Waals surface area contributed by atoms with Crippen molar-refractivity contribution in [2.45, 2.75) is 62.5 Å². The standard InChI is InChI=1S/C19H26F2N2O5S/c1-13(19(25)23(2)14-6-4-3-5-7-14)28-18(24)10-11-22-29(26,27)15-8-9-16(20)17(21)12-15/h8-9,12-14,22H,3-7,10-11H2,1-2H3/t13-/m0/s1. The zero-order valence-corrected chi connectivity index (χ0v) is 17.3. The summed E-state index contributed by atoms with van der Waals surface area (Å²) in [6, 6.07) is 2.31. The Morgan fingerprint density at radius 1 is 1.21 bits per heavy atom. The second-order valence-corrected chi connectivity index (χ2v) is 8.86. The summed E-state index contributed by atoms with van der Waals surface area (Å²) in [5, 5.41) is 0. The largest absolute Gasteiger partial charge is 0.452 e. The van der Waals surface area contributed by atoms with E-state index in [4.69, 9.17) is 4.74 Å². The first-order chi connectivity index (χ1) is 13.6. The minimum Gasteiger partial charge on any atom is -0.452 e. The maximum atomic E-state index is 13.2. The van der Waals surface area contributed by atoms with Gasteiger partial charge in [-0.1, -0.05) is 19.3 Å². The molecule has 0 radical (unpaired) electrons. The minimum absolute atomic E-state index is 0.139. The first kappa shape index (κ1) is 23.2. The van der Waals surface area contributed by atoms with Gasteiger partial charge in [-0.25, -0.2) is 21.9 Å². The van der Waals surface area contributed by atoms with Crippen molar-refractivity contribution in [2.75, 3.05) is 13.6 Å². The zero-order valence-electron chi connectivity index (χ0n) is 16.5. The lowest BCUT2D eigenvalue weighted by atomic mass is 9.94. The van der Waals surface area contributed by atoms with Gasteiger partial charge in [0, 0.05) is 19.6 Å². The third-order valence-electron chi connectivity index (χ3n) is 4.95. The summed E-state index contributed by atoms with van der Waals surface area (Å²) < 4.78 is 57.5. The van der Waals surface area contributed by atoms with Crippen molar-refractivity contribution in [3.63, 3.8) is 0 Å². The first-order valence-electron chi connectivity index (χ1n) is 9.52. The number of ether oxygens (including phenoxy) is 1. The number of hydrogen-bond donors (Lipinski definition) is 1. The van der Waals surface area contributed by atoms with E-state index >= 15 is 0 Å². The first-order valence-corrected chi connectivity index (χ1v) is 11.0. The molecule has 1 atom stereocenters. The van der Waals surface area contributed by atoms with Crippen molar-refractivity contribution in [3.05, 3.63) is 29.8 Å². The number of amides is 1. The van der Waals surface area contributed by atoms with Crippen LogP contribution in [0.4, 0.5) is 8.78 Å². The van der Waals surface area contributed by atoms with Crippen LogP contribution in [0.5, 0.6) is 0 Å². The van der Waals surface area contributed by atoms with Crippen molar-refractivity contribution >= 4 is 21.9 Å². The maximum Gasteiger partial charge on any atom is 0.307 e. The van der Waals surface area contributed by atoms with E-state index in [1.807, 2.05) is 0 Å². The third-order valence-corrected chi connectivity index (χ3v) is 6.41. The third kappa shape index (κ3) is 6.46. The van der Waals surface area contributed by atoms with E-state index in [9.17, 15) is 26.8 Å². The highest BCUT2D eigenvalue weighted by atomic mass is 32.2. The number of benzene rings is 1. The van der Waals surface area contributed by atoms with Gasteiger partial charge in [-0.15, -0.1) is 0 Å². The summed E-state index contributed by atoms with van der Waals surface area (Å²) >= 11 is 0. The van der Waals surface area contributed by atoms with Gasteiger partial charge >= 0.3 is 5.97 Å². The van der Waals surface area contributed by atoms with Crippen LogP contribution in [0.1, 0.15) is 45.4 Å². The predicted molar refractivity (Wildman–Crippen MR) is 101 cm³/mol. The van der Waals surface area contributed by atoms with Crippen LogP contribution >= 0.6 is 0 Å². The second-order valence-electron chi connectivity index (χ2n) is 7.10. The molecule has 1 aromatic rings. The summed E-state index contributed by atoms with van der Waals surface area (Å²) in [7, 11) is -2.41. The van der Waals surface area contributed by atoms with E-state index in [1.54, 1.807) is 11.9 Å². The highest BCUT2D eigenvalue weighted by Gasteiger charge is 2.27. The molecule has 1 N–H and O–H groups in total. The molecule has 0 unspecified atom stereocenters. The normalized spacial score (nSPS) is 16.3. The number of nitrogens with zero attached hydrogens (tertiary/aromatic N) is 1. The molecule has 0 aromatic heterocycles. The Hall–Kier alpha value is -2.07. The van der Waals surface area contributed by atoms with E-state index in [2.05, 4.69) is 4.72 Å². The summed E-state index contributed by atoms with van der Waals surface area (Å²) in [6.45, 7) is 1.17. The SMILES string of the molecule is C[C@H](OC(=O)CCNS(=O)(=O)c1ccc(F)c(F)c1)C(=O)N(C)C1CCCCC1. The summed E-state index contributed by atoms with van der Waals surface area (Å²) in [6.07, 6.45) is 3.85. The fourth-order valence-corrected chi connectivity index (χ4v) is 4.30. The lowest BCUT2D eigenvalue weighted by Gasteiger charge is -2.32. The van der Waals surface area contributed by atoms with Crippen molar-refractivity contribution in [1.29, 1.82) is 0 Å². The van der Waals surface area contributed by atoms with Gasteiger partial charge in [0.15, 0.2) is 17.7 Å². The number of halogens is 2. The van der Waals surface area contributed by atoms with Gasteiger partial charge < -0.3 is 9.64 Å². The van der Waals surface area contributed by atoms with E-state index in [0.717, 1.165) is 38.2 Å². The fraction of sp³-hybridized carbons (Fsp3) is 0.579. The molecule has 1 aromatic carbocycles. The zero-order chi connectivity index (χ0) is 21.6. The molecule has 0 bridgehead atoms. The Labute approximate surface area is 169 Å². The second kappa shape index (κ2) is 10.1. The number of likely N-dealkylation sites (N-methyl/N-ethyl adjacent to an activating group) is 1. The molecule has 1 amide bonds. The van der Waals surface area contributed by atoms with Crippen LogP contribution in [0.25, 0.3) is 0 Å². The molecule has 0 saturated heterocycles. The number of esters is 1. The van der Waals surface area contributed by atoms with Crippen LogP contribution in [0.15, 0.2) is 23.1 Å². The molecular formula is C19H26F2N2O5S. The molecule has 1 aliphatic rings. The molecule has 1 aliphatic carbocycles. The molecule has 2 rings (SSSR count). The maximum absolute atomic E-state index is 13.2. The summed E-state index contributed by atoms with van der Waals surface area (Å²) in [4.78, 5) is 25.5. The molecule has 10 heteroatoms. The minimum atomic E-state index is -4.11. The number of sulfonamides is 1. The van der Waals surface area contributed by atoms with E-state index in [-0.39, 0.29) is 24.9 Å². The molecule has 0 heterocycles. The monoisotopic (exact) mass is 432 g/mol. The Balaban J connectivity index is 1.81. The number of hydrogen-bond acceptors (Lipinski definition) is 5. The fourth-order valence-electron chi connectivity index (χ4n) is 3.26. The van der Waals surface area contributed by atoms with E-state index in [0.29, 0.717) is 12.1 Å². The molecule has 0 spiro atoms. The van der Waals surface area contributed by atoms with Crippen molar-refractivity contribution in [1.82, 2.24) is 9.62 Å². The van der Waals surface area contributed by atoms with Crippen LogP contribution < -0.4 is 4.72 Å². The van der Waals surface area contributed by atoms with Crippen LogP contribution in [-0.2, 0) is 24.3 Å². The van der Waals surface area contributed by atoms with Crippen molar-refractivity contribution in [3.8, 4) is 0 Å². The average molecular weight is 432 g/mol. The number of nitrogens with one attached hydrogen (secondary N) is 1. The highest BCUT2D eigenvalue weighted by Crippen LogP contribution is 2.22. The van der Waals surface area contributed by atoms with Crippen LogP contribution in [-0.4, -0.2) is 50.9 Å². The van der Waals surface area contributed by atoms with Gasteiger partial charge in [-0.05, 0) is 38.0 Å². The summed E-state index contributed by atoms with van der Waals surface area (Å²) in [5.41, 5.74) is 0. The van der Waals surface area contributed by atoms with Gasteiger partial charge in [0.1, 0.15) is 0 Å². The van der Waals surface area contributed by atoms with Gasteiger partial charge in [-0.3, -0.25) is 9.59 Å². The Bertz CT molecular complexity index is 841. The van der Waals surface area contributed by atoms with Crippen LogP contribution in [0.2, 0.25) is 0 Å². The predicted octanol–water partition coefficient (Wildman–Crippen LogP) is 2.36. The Morgan fingerprint density at radius 2 is 1.86 bits per heavy atom. The quantitative estimate of drug-likeness (QED) is 0.637. The van der Waals surface area contributed by atoms with Gasteiger partial charge in [-0.2, -0.15) is 0 Å².